The fourth-order valence-corrected chi connectivity index (χ4v) is 1.49. The van der Waals surface area contributed by atoms with Gasteiger partial charge >= 0.3 is 5.97 Å². The predicted octanol–water partition coefficient (Wildman–Crippen LogP) is 1.60. The van der Waals surface area contributed by atoms with Crippen molar-refractivity contribution in [2.75, 3.05) is 26.1 Å². The van der Waals surface area contributed by atoms with Gasteiger partial charge in [-0.3, -0.25) is 0 Å². The molecule has 0 spiro atoms. The van der Waals surface area contributed by atoms with E-state index in [1.54, 1.807) is 25.1 Å². The van der Waals surface area contributed by atoms with E-state index in [9.17, 15) is 9.90 Å². The number of benzene rings is 1. The lowest BCUT2D eigenvalue weighted by molar-refractivity contribution is -0.143. The van der Waals surface area contributed by atoms with Crippen molar-refractivity contribution in [3.63, 3.8) is 0 Å². The molecule has 94 valence electrons. The maximum atomic E-state index is 11.2. The minimum absolute atomic E-state index is 0.0559. The highest BCUT2D eigenvalue weighted by Crippen LogP contribution is 2.26. The Kier molecular flexibility index (Phi) is 4.34. The Hall–Kier alpha value is -1.75. The SMILES string of the molecule is COCC(C)(Nc1ccccc1OC)C(=O)O. The molecule has 0 radical (unpaired) electrons. The number of hydrogen-bond donors (Lipinski definition) is 2. The summed E-state index contributed by atoms with van der Waals surface area (Å²) in [5.74, 6) is -0.388. The van der Waals surface area contributed by atoms with Crippen LogP contribution in [-0.2, 0) is 9.53 Å². The smallest absolute Gasteiger partial charge is 0.331 e. The summed E-state index contributed by atoms with van der Waals surface area (Å²) in [6.07, 6.45) is 0. The largest absolute Gasteiger partial charge is 0.495 e. The molecule has 5 nitrogen and oxygen atoms in total. The number of carboxylic acids is 1. The molecule has 1 aromatic rings. The lowest BCUT2D eigenvalue weighted by Crippen LogP contribution is -2.47. The van der Waals surface area contributed by atoms with Crippen LogP contribution in [0.5, 0.6) is 5.75 Å². The average Bonchev–Trinajstić information content (AvgIpc) is 2.30. The van der Waals surface area contributed by atoms with Crippen LogP contribution in [0, 0.1) is 0 Å². The van der Waals surface area contributed by atoms with Gasteiger partial charge in [-0.1, -0.05) is 12.1 Å². The zero-order valence-electron chi connectivity index (χ0n) is 10.2. The maximum Gasteiger partial charge on any atom is 0.331 e. The minimum atomic E-state index is -1.19. The molecule has 0 aliphatic rings. The van der Waals surface area contributed by atoms with Gasteiger partial charge in [0.15, 0.2) is 5.54 Å². The van der Waals surface area contributed by atoms with Gasteiger partial charge in [-0.2, -0.15) is 0 Å². The highest BCUT2D eigenvalue weighted by atomic mass is 16.5. The molecule has 1 rings (SSSR count). The summed E-state index contributed by atoms with van der Waals surface area (Å²) in [6, 6.07) is 7.14. The summed E-state index contributed by atoms with van der Waals surface area (Å²) in [5.41, 5.74) is -0.569. The number of ether oxygens (including phenoxy) is 2. The van der Waals surface area contributed by atoms with Crippen LogP contribution in [0.25, 0.3) is 0 Å². The van der Waals surface area contributed by atoms with Crippen LogP contribution < -0.4 is 10.1 Å². The van der Waals surface area contributed by atoms with Gasteiger partial charge in [-0.25, -0.2) is 4.79 Å². The molecule has 0 aliphatic carbocycles. The number of rotatable bonds is 6. The third-order valence-electron chi connectivity index (χ3n) is 2.42. The fourth-order valence-electron chi connectivity index (χ4n) is 1.49. The van der Waals surface area contributed by atoms with E-state index in [1.165, 1.54) is 14.2 Å². The number of nitrogens with one attached hydrogen (secondary N) is 1. The van der Waals surface area contributed by atoms with E-state index in [4.69, 9.17) is 9.47 Å². The van der Waals surface area contributed by atoms with Gasteiger partial charge in [-0.15, -0.1) is 0 Å². The number of hydrogen-bond acceptors (Lipinski definition) is 4. The summed E-state index contributed by atoms with van der Waals surface area (Å²) >= 11 is 0. The van der Waals surface area contributed by atoms with E-state index < -0.39 is 11.5 Å². The van der Waals surface area contributed by atoms with Crippen molar-refractivity contribution in [3.05, 3.63) is 24.3 Å². The molecular weight excluding hydrogens is 222 g/mol. The van der Waals surface area contributed by atoms with Gasteiger partial charge in [0.05, 0.1) is 19.4 Å². The molecule has 1 aromatic carbocycles. The van der Waals surface area contributed by atoms with Gasteiger partial charge in [0.2, 0.25) is 0 Å². The Balaban J connectivity index is 2.97. The zero-order chi connectivity index (χ0) is 12.9. The predicted molar refractivity (Wildman–Crippen MR) is 64.5 cm³/mol. The van der Waals surface area contributed by atoms with Gasteiger partial charge in [0.1, 0.15) is 5.75 Å². The van der Waals surface area contributed by atoms with Crippen molar-refractivity contribution in [1.82, 2.24) is 0 Å². The number of para-hydroxylation sites is 2. The first-order valence-corrected chi connectivity index (χ1v) is 5.17. The Labute approximate surface area is 100 Å². The molecule has 0 fully saturated rings. The van der Waals surface area contributed by atoms with E-state index in [0.29, 0.717) is 11.4 Å². The first-order valence-electron chi connectivity index (χ1n) is 5.17. The van der Waals surface area contributed by atoms with Gasteiger partial charge in [0, 0.05) is 7.11 Å². The van der Waals surface area contributed by atoms with Gasteiger partial charge in [-0.05, 0) is 19.1 Å². The Morgan fingerprint density at radius 2 is 2.06 bits per heavy atom. The molecule has 0 saturated heterocycles. The van der Waals surface area contributed by atoms with Crippen molar-refractivity contribution in [1.29, 1.82) is 0 Å². The van der Waals surface area contributed by atoms with Crippen molar-refractivity contribution >= 4 is 11.7 Å². The lowest BCUT2D eigenvalue weighted by atomic mass is 10.0. The van der Waals surface area contributed by atoms with E-state index in [0.717, 1.165) is 0 Å². The molecule has 0 aliphatic heterocycles. The number of anilines is 1. The summed E-state index contributed by atoms with van der Waals surface area (Å²) in [7, 11) is 3.00. The lowest BCUT2D eigenvalue weighted by Gasteiger charge is -2.27. The second-order valence-corrected chi connectivity index (χ2v) is 3.90. The monoisotopic (exact) mass is 239 g/mol. The standard InChI is InChI=1S/C12H17NO4/c1-12(8-16-2,11(14)15)13-9-6-4-5-7-10(9)17-3/h4-7,13H,8H2,1-3H3,(H,14,15). The Morgan fingerprint density at radius 1 is 1.41 bits per heavy atom. The van der Waals surface area contributed by atoms with E-state index in [1.807, 2.05) is 6.07 Å². The van der Waals surface area contributed by atoms with E-state index in [-0.39, 0.29) is 6.61 Å². The quantitative estimate of drug-likeness (QED) is 0.789. The van der Waals surface area contributed by atoms with Crippen LogP contribution in [0.2, 0.25) is 0 Å². The highest BCUT2D eigenvalue weighted by Gasteiger charge is 2.33. The minimum Gasteiger partial charge on any atom is -0.495 e. The third-order valence-corrected chi connectivity index (χ3v) is 2.42. The molecular formula is C12H17NO4. The van der Waals surface area contributed by atoms with Crippen LogP contribution in [0.3, 0.4) is 0 Å². The van der Waals surface area contributed by atoms with E-state index in [2.05, 4.69) is 5.32 Å². The van der Waals surface area contributed by atoms with E-state index >= 15 is 0 Å². The Morgan fingerprint density at radius 3 is 2.59 bits per heavy atom. The molecule has 2 N–H and O–H groups in total. The van der Waals surface area contributed by atoms with Crippen molar-refractivity contribution in [3.8, 4) is 5.75 Å². The molecule has 1 atom stereocenters. The fraction of sp³-hybridized carbons (Fsp3) is 0.417. The van der Waals surface area contributed by atoms with Gasteiger partial charge < -0.3 is 19.9 Å². The molecule has 0 heterocycles. The van der Waals surface area contributed by atoms with Crippen LogP contribution in [0.4, 0.5) is 5.69 Å². The number of aliphatic carboxylic acids is 1. The number of carbonyl (C=O) groups is 1. The molecule has 0 bridgehead atoms. The second-order valence-electron chi connectivity index (χ2n) is 3.90. The van der Waals surface area contributed by atoms with Crippen molar-refractivity contribution < 1.29 is 19.4 Å². The summed E-state index contributed by atoms with van der Waals surface area (Å²) in [4.78, 5) is 11.2. The highest BCUT2D eigenvalue weighted by molar-refractivity contribution is 5.83. The first kappa shape index (κ1) is 13.3. The van der Waals surface area contributed by atoms with Gasteiger partial charge in [0.25, 0.3) is 0 Å². The van der Waals surface area contributed by atoms with Crippen molar-refractivity contribution in [2.24, 2.45) is 0 Å². The van der Waals surface area contributed by atoms with Crippen molar-refractivity contribution in [2.45, 2.75) is 12.5 Å². The molecule has 17 heavy (non-hydrogen) atoms. The first-order chi connectivity index (χ1) is 8.03. The number of carboxylic acid groups (broad SMARTS) is 1. The topological polar surface area (TPSA) is 67.8 Å². The summed E-state index contributed by atoms with van der Waals surface area (Å²) in [5, 5.41) is 12.1. The molecule has 0 amide bonds. The summed E-state index contributed by atoms with van der Waals surface area (Å²) < 4.78 is 10.1. The van der Waals surface area contributed by atoms with Crippen LogP contribution in [0.1, 0.15) is 6.92 Å². The Bertz CT molecular complexity index is 394. The normalized spacial score (nSPS) is 13.8. The molecule has 0 aromatic heterocycles. The molecule has 1 unspecified atom stereocenters. The van der Waals surface area contributed by atoms with Crippen LogP contribution in [0.15, 0.2) is 24.3 Å². The average molecular weight is 239 g/mol. The molecule has 5 heteroatoms. The van der Waals surface area contributed by atoms with Crippen LogP contribution in [-0.4, -0.2) is 37.4 Å². The summed E-state index contributed by atoms with van der Waals surface area (Å²) in [6.45, 7) is 1.62. The maximum absolute atomic E-state index is 11.2. The third kappa shape index (κ3) is 3.10. The zero-order valence-corrected chi connectivity index (χ0v) is 10.2. The second kappa shape index (κ2) is 5.54. The number of methoxy groups -OCH3 is 2. The van der Waals surface area contributed by atoms with Crippen LogP contribution >= 0.6 is 0 Å². The molecule has 0 saturated carbocycles.